The van der Waals surface area contributed by atoms with Crippen LogP contribution in [0.5, 0.6) is 0 Å². The number of aliphatic hydroxyl groups excluding tert-OH is 1. The number of hydrogen-bond acceptors (Lipinski definition) is 5. The Morgan fingerprint density at radius 2 is 2.14 bits per heavy atom. The van der Waals surface area contributed by atoms with E-state index in [1.165, 1.54) is 6.92 Å². The summed E-state index contributed by atoms with van der Waals surface area (Å²) in [5.41, 5.74) is 0.292. The third-order valence-electron chi connectivity index (χ3n) is 7.33. The Kier molecular flexibility index (Phi) is 5.71. The van der Waals surface area contributed by atoms with E-state index in [-0.39, 0.29) is 23.5 Å². The summed E-state index contributed by atoms with van der Waals surface area (Å²) in [6.07, 6.45) is 8.03. The minimum absolute atomic E-state index is 0.0962. The number of carboxylic acid groups (broad SMARTS) is 1. The molecule has 3 rings (SSSR count). The molecule has 0 saturated heterocycles. The van der Waals surface area contributed by atoms with Gasteiger partial charge in [0.15, 0.2) is 0 Å². The van der Waals surface area contributed by atoms with Crippen LogP contribution in [-0.2, 0) is 20.7 Å². The molecule has 1 saturated carbocycles. The molecule has 2 N–H and O–H groups in total. The van der Waals surface area contributed by atoms with E-state index in [4.69, 9.17) is 9.15 Å². The Bertz CT molecular complexity index is 751. The molecule has 1 heterocycles. The van der Waals surface area contributed by atoms with E-state index in [1.54, 1.807) is 18.6 Å². The smallest absolute Gasteiger partial charge is 0.332 e. The maximum atomic E-state index is 12.1. The number of ether oxygens (including phenoxy) is 1. The van der Waals surface area contributed by atoms with Crippen LogP contribution in [0.15, 0.2) is 34.7 Å². The molecule has 2 aliphatic rings. The Balaban J connectivity index is 2.01. The molecule has 0 amide bonds. The molecule has 154 valence electrons. The number of aliphatic carboxylic acids is 1. The van der Waals surface area contributed by atoms with Gasteiger partial charge >= 0.3 is 11.9 Å². The quantitative estimate of drug-likeness (QED) is 0.721. The van der Waals surface area contributed by atoms with Crippen LogP contribution in [0.4, 0.5) is 0 Å². The Hall–Kier alpha value is -2.08. The topological polar surface area (TPSA) is 97.0 Å². The van der Waals surface area contributed by atoms with Crippen LogP contribution in [0.2, 0.25) is 0 Å². The van der Waals surface area contributed by atoms with Gasteiger partial charge in [0.05, 0.1) is 19.1 Å². The first-order chi connectivity index (χ1) is 13.2. The van der Waals surface area contributed by atoms with Crippen molar-refractivity contribution in [2.45, 2.75) is 59.0 Å². The third kappa shape index (κ3) is 3.50. The summed E-state index contributed by atoms with van der Waals surface area (Å²) < 4.78 is 10.6. The van der Waals surface area contributed by atoms with Gasteiger partial charge in [-0.1, -0.05) is 13.8 Å². The van der Waals surface area contributed by atoms with Gasteiger partial charge < -0.3 is 19.4 Å². The highest BCUT2D eigenvalue weighted by molar-refractivity contribution is 5.89. The van der Waals surface area contributed by atoms with E-state index in [1.807, 2.05) is 6.07 Å². The number of aliphatic hydroxyl groups is 1. The SMILES string of the molecule is CC(=O)OC1C=C(C(=O)O)C2(CO)CCC(C)C(C)(CCc3ccoc3)C2C1. The molecular weight excluding hydrogens is 360 g/mol. The summed E-state index contributed by atoms with van der Waals surface area (Å²) in [7, 11) is 0. The summed E-state index contributed by atoms with van der Waals surface area (Å²) in [4.78, 5) is 23.7. The van der Waals surface area contributed by atoms with E-state index < -0.39 is 23.5 Å². The fourth-order valence-corrected chi connectivity index (χ4v) is 5.55. The first-order valence-corrected chi connectivity index (χ1v) is 9.97. The Morgan fingerprint density at radius 1 is 1.39 bits per heavy atom. The number of aryl methyl sites for hydroxylation is 1. The van der Waals surface area contributed by atoms with Crippen molar-refractivity contribution in [3.63, 3.8) is 0 Å². The number of carboxylic acids is 1. The van der Waals surface area contributed by atoms with Crippen LogP contribution in [0.25, 0.3) is 0 Å². The third-order valence-corrected chi connectivity index (χ3v) is 7.33. The van der Waals surface area contributed by atoms with Crippen LogP contribution < -0.4 is 0 Å². The molecule has 0 radical (unpaired) electrons. The molecule has 6 heteroatoms. The summed E-state index contributed by atoms with van der Waals surface area (Å²) >= 11 is 0. The van der Waals surface area contributed by atoms with E-state index >= 15 is 0 Å². The van der Waals surface area contributed by atoms with Crippen LogP contribution in [0.1, 0.15) is 52.0 Å². The van der Waals surface area contributed by atoms with Crippen molar-refractivity contribution in [2.75, 3.05) is 6.61 Å². The van der Waals surface area contributed by atoms with Crippen molar-refractivity contribution in [3.8, 4) is 0 Å². The van der Waals surface area contributed by atoms with Crippen molar-refractivity contribution in [3.05, 3.63) is 35.8 Å². The van der Waals surface area contributed by atoms with Crippen LogP contribution in [-0.4, -0.2) is 34.9 Å². The Morgan fingerprint density at radius 3 is 2.71 bits per heavy atom. The monoisotopic (exact) mass is 390 g/mol. The van der Waals surface area contributed by atoms with Gasteiger partial charge in [0.1, 0.15) is 6.10 Å². The summed E-state index contributed by atoms with van der Waals surface area (Å²) in [6, 6.07) is 1.95. The molecule has 28 heavy (non-hydrogen) atoms. The largest absolute Gasteiger partial charge is 0.478 e. The molecule has 0 aromatic carbocycles. The molecule has 6 nitrogen and oxygen atoms in total. The van der Waals surface area contributed by atoms with Gasteiger partial charge in [0, 0.05) is 17.9 Å². The lowest BCUT2D eigenvalue weighted by Crippen LogP contribution is -2.56. The van der Waals surface area contributed by atoms with Crippen LogP contribution in [0.3, 0.4) is 0 Å². The molecule has 5 atom stereocenters. The van der Waals surface area contributed by atoms with Gasteiger partial charge in [-0.15, -0.1) is 0 Å². The van der Waals surface area contributed by atoms with Gasteiger partial charge in [0.2, 0.25) is 0 Å². The van der Waals surface area contributed by atoms with Gasteiger partial charge in [-0.2, -0.15) is 0 Å². The van der Waals surface area contributed by atoms with E-state index in [9.17, 15) is 19.8 Å². The van der Waals surface area contributed by atoms with E-state index in [0.717, 1.165) is 24.8 Å². The van der Waals surface area contributed by atoms with Gasteiger partial charge in [-0.3, -0.25) is 4.79 Å². The molecule has 0 aliphatic heterocycles. The molecule has 1 aromatic heterocycles. The van der Waals surface area contributed by atoms with Crippen LogP contribution >= 0.6 is 0 Å². The maximum Gasteiger partial charge on any atom is 0.332 e. The molecule has 0 bridgehead atoms. The number of furan rings is 1. The van der Waals surface area contributed by atoms with E-state index in [0.29, 0.717) is 18.8 Å². The number of carbonyl (C=O) groups is 2. The number of hydrogen-bond donors (Lipinski definition) is 2. The second-order valence-electron chi connectivity index (χ2n) is 8.71. The standard InChI is InChI=1S/C22H30O6/c1-14-4-8-22(13-23)18(20(25)26)10-17(28-15(2)24)11-19(22)21(14,3)7-5-16-6-9-27-12-16/h6,9-10,12,14,17,19,23H,4-5,7-8,11,13H2,1-3H3,(H,25,26). The number of rotatable bonds is 6. The highest BCUT2D eigenvalue weighted by Gasteiger charge is 2.59. The van der Waals surface area contributed by atoms with Gasteiger partial charge in [-0.05, 0) is 67.1 Å². The predicted octanol–water partition coefficient (Wildman–Crippen LogP) is 3.59. The average molecular weight is 390 g/mol. The van der Waals surface area contributed by atoms with Gasteiger partial charge in [0.25, 0.3) is 0 Å². The lowest BCUT2D eigenvalue weighted by atomic mass is 9.46. The molecule has 1 aromatic rings. The predicted molar refractivity (Wildman–Crippen MR) is 102 cm³/mol. The van der Waals surface area contributed by atoms with Crippen molar-refractivity contribution >= 4 is 11.9 Å². The average Bonchev–Trinajstić information content (AvgIpc) is 3.16. The molecule has 2 aliphatic carbocycles. The molecule has 0 spiro atoms. The normalized spacial score (nSPS) is 35.0. The first kappa shape index (κ1) is 20.6. The fourth-order valence-electron chi connectivity index (χ4n) is 5.55. The molecule has 5 unspecified atom stereocenters. The van der Waals surface area contributed by atoms with Crippen molar-refractivity contribution < 1.29 is 29.0 Å². The summed E-state index contributed by atoms with van der Waals surface area (Å²) in [6.45, 7) is 5.53. The summed E-state index contributed by atoms with van der Waals surface area (Å²) in [5.74, 6) is -1.20. The number of esters is 1. The van der Waals surface area contributed by atoms with Crippen molar-refractivity contribution in [1.82, 2.24) is 0 Å². The zero-order valence-electron chi connectivity index (χ0n) is 16.8. The number of carbonyl (C=O) groups excluding carboxylic acids is 1. The highest BCUT2D eigenvalue weighted by atomic mass is 16.5. The molecular formula is C22H30O6. The second kappa shape index (κ2) is 7.74. The van der Waals surface area contributed by atoms with Crippen LogP contribution in [0, 0.1) is 22.7 Å². The first-order valence-electron chi connectivity index (χ1n) is 9.97. The fraction of sp³-hybridized carbons (Fsp3) is 0.636. The minimum Gasteiger partial charge on any atom is -0.478 e. The number of fused-ring (bicyclic) bond motifs is 1. The van der Waals surface area contributed by atoms with Crippen molar-refractivity contribution in [1.29, 1.82) is 0 Å². The lowest BCUT2D eigenvalue weighted by Gasteiger charge is -2.58. The zero-order chi connectivity index (χ0) is 20.5. The minimum atomic E-state index is -1.04. The second-order valence-corrected chi connectivity index (χ2v) is 8.71. The van der Waals surface area contributed by atoms with Gasteiger partial charge in [-0.25, -0.2) is 4.79 Å². The Labute approximate surface area is 165 Å². The van der Waals surface area contributed by atoms with E-state index in [2.05, 4.69) is 13.8 Å². The van der Waals surface area contributed by atoms with Crippen molar-refractivity contribution in [2.24, 2.45) is 22.7 Å². The zero-order valence-corrected chi connectivity index (χ0v) is 16.8. The molecule has 1 fully saturated rings. The summed E-state index contributed by atoms with van der Waals surface area (Å²) in [5, 5.41) is 20.3. The lowest BCUT2D eigenvalue weighted by molar-refractivity contribution is -0.154. The highest BCUT2D eigenvalue weighted by Crippen LogP contribution is 2.62. The maximum absolute atomic E-state index is 12.1.